The molecule has 0 saturated carbocycles. The maximum Gasteiger partial charge on any atom is 0.249 e. The van der Waals surface area contributed by atoms with Gasteiger partial charge in [0.1, 0.15) is 12.2 Å². The Morgan fingerprint density at radius 3 is 1.02 bits per heavy atom. The van der Waals surface area contributed by atoms with Crippen molar-refractivity contribution in [2.45, 2.75) is 321 Å². The largest absolute Gasteiger partial charge is 0.394 e. The highest BCUT2D eigenvalue weighted by Crippen LogP contribution is 2.18. The van der Waals surface area contributed by atoms with Gasteiger partial charge in [-0.05, 0) is 51.4 Å². The SMILES string of the molecule is CCCCCCCCCCCCCCCC/C=C/CC/C=C/CCCC(O)C(O)C(CO)NC(=O)C(O)CCCCCCCCCCCCCCCCCCCCCCCCC. The van der Waals surface area contributed by atoms with E-state index in [0.29, 0.717) is 19.3 Å². The molecule has 62 heavy (non-hydrogen) atoms. The van der Waals surface area contributed by atoms with Gasteiger partial charge in [-0.2, -0.15) is 0 Å². The number of hydrogen-bond acceptors (Lipinski definition) is 5. The van der Waals surface area contributed by atoms with E-state index < -0.39 is 36.9 Å². The minimum atomic E-state index is -1.29. The zero-order chi connectivity index (χ0) is 45.2. The molecular formula is C56H109NO5. The fourth-order valence-electron chi connectivity index (χ4n) is 8.78. The normalized spacial score (nSPS) is 14.0. The second kappa shape index (κ2) is 50.8. The summed E-state index contributed by atoms with van der Waals surface area (Å²) in [6.45, 7) is 4.07. The van der Waals surface area contributed by atoms with Crippen molar-refractivity contribution in [1.29, 1.82) is 0 Å². The molecule has 0 aliphatic carbocycles. The lowest BCUT2D eigenvalue weighted by Gasteiger charge is -2.27. The molecule has 0 heterocycles. The number of rotatable bonds is 51. The molecule has 0 aromatic heterocycles. The zero-order valence-electron chi connectivity index (χ0n) is 41.6. The molecule has 1 amide bonds. The molecule has 0 aromatic rings. The van der Waals surface area contributed by atoms with E-state index in [4.69, 9.17) is 0 Å². The number of unbranched alkanes of at least 4 members (excludes halogenated alkanes) is 38. The summed E-state index contributed by atoms with van der Waals surface area (Å²) < 4.78 is 0. The molecule has 0 radical (unpaired) electrons. The Kier molecular flexibility index (Phi) is 49.8. The van der Waals surface area contributed by atoms with Crippen LogP contribution < -0.4 is 5.32 Å². The summed E-state index contributed by atoms with van der Waals surface area (Å²) in [7, 11) is 0. The van der Waals surface area contributed by atoms with Gasteiger partial charge in [0.05, 0.1) is 18.8 Å². The molecule has 6 heteroatoms. The lowest BCUT2D eigenvalue weighted by Crippen LogP contribution is -2.53. The highest BCUT2D eigenvalue weighted by Gasteiger charge is 2.28. The van der Waals surface area contributed by atoms with Crippen LogP contribution in [0.2, 0.25) is 0 Å². The maximum absolute atomic E-state index is 12.6. The fourth-order valence-corrected chi connectivity index (χ4v) is 8.78. The molecule has 368 valence electrons. The minimum Gasteiger partial charge on any atom is -0.394 e. The Bertz CT molecular complexity index is 939. The van der Waals surface area contributed by atoms with Gasteiger partial charge in [-0.15, -0.1) is 0 Å². The molecule has 0 bridgehead atoms. The van der Waals surface area contributed by atoms with Crippen LogP contribution >= 0.6 is 0 Å². The van der Waals surface area contributed by atoms with Crippen molar-refractivity contribution in [2.24, 2.45) is 0 Å². The second-order valence-corrected chi connectivity index (χ2v) is 19.3. The van der Waals surface area contributed by atoms with Crippen molar-refractivity contribution in [3.8, 4) is 0 Å². The molecule has 4 unspecified atom stereocenters. The van der Waals surface area contributed by atoms with Crippen molar-refractivity contribution in [1.82, 2.24) is 5.32 Å². The Labute approximate surface area is 386 Å². The third kappa shape index (κ3) is 44.0. The summed E-state index contributed by atoms with van der Waals surface area (Å²) in [6.07, 6.45) is 61.0. The number of aliphatic hydroxyl groups excluding tert-OH is 4. The van der Waals surface area contributed by atoms with Gasteiger partial charge in [-0.25, -0.2) is 0 Å². The quantitative estimate of drug-likeness (QED) is 0.0309. The first kappa shape index (κ1) is 60.8. The van der Waals surface area contributed by atoms with Crippen molar-refractivity contribution in [2.75, 3.05) is 6.61 Å². The molecular weight excluding hydrogens is 767 g/mol. The highest BCUT2D eigenvalue weighted by atomic mass is 16.3. The number of nitrogens with one attached hydrogen (secondary N) is 1. The summed E-state index contributed by atoms with van der Waals surface area (Å²) in [5, 5.41) is 43.9. The van der Waals surface area contributed by atoms with Gasteiger partial charge in [0.15, 0.2) is 0 Å². The number of hydrogen-bond donors (Lipinski definition) is 5. The number of amides is 1. The molecule has 4 atom stereocenters. The van der Waals surface area contributed by atoms with E-state index in [1.807, 2.05) is 0 Å². The zero-order valence-corrected chi connectivity index (χ0v) is 41.6. The summed E-state index contributed by atoms with van der Waals surface area (Å²) in [6, 6.07) is -1.01. The molecule has 0 fully saturated rings. The number of carbonyl (C=O) groups excluding carboxylic acids is 1. The van der Waals surface area contributed by atoms with Crippen molar-refractivity contribution in [3.05, 3.63) is 24.3 Å². The Morgan fingerprint density at radius 2 is 0.677 bits per heavy atom. The first-order valence-electron chi connectivity index (χ1n) is 27.7. The highest BCUT2D eigenvalue weighted by molar-refractivity contribution is 5.80. The lowest BCUT2D eigenvalue weighted by molar-refractivity contribution is -0.132. The van der Waals surface area contributed by atoms with Crippen LogP contribution in [-0.4, -0.2) is 57.3 Å². The van der Waals surface area contributed by atoms with Crippen molar-refractivity contribution < 1.29 is 25.2 Å². The summed E-state index contributed by atoms with van der Waals surface area (Å²) >= 11 is 0. The van der Waals surface area contributed by atoms with Crippen LogP contribution in [0.25, 0.3) is 0 Å². The van der Waals surface area contributed by atoms with E-state index in [0.717, 1.165) is 38.5 Å². The smallest absolute Gasteiger partial charge is 0.249 e. The molecule has 0 saturated heterocycles. The van der Waals surface area contributed by atoms with Gasteiger partial charge in [0.25, 0.3) is 0 Å². The van der Waals surface area contributed by atoms with Crippen molar-refractivity contribution in [3.63, 3.8) is 0 Å². The molecule has 6 nitrogen and oxygen atoms in total. The van der Waals surface area contributed by atoms with Crippen LogP contribution in [0.3, 0.4) is 0 Å². The van der Waals surface area contributed by atoms with Crippen LogP contribution in [0.5, 0.6) is 0 Å². The molecule has 5 N–H and O–H groups in total. The van der Waals surface area contributed by atoms with Crippen LogP contribution in [0.4, 0.5) is 0 Å². The van der Waals surface area contributed by atoms with Gasteiger partial charge in [0.2, 0.25) is 5.91 Å². The monoisotopic (exact) mass is 876 g/mol. The van der Waals surface area contributed by atoms with E-state index in [1.54, 1.807) is 0 Å². The average Bonchev–Trinajstić information content (AvgIpc) is 3.28. The summed E-state index contributed by atoms with van der Waals surface area (Å²) in [4.78, 5) is 12.6. The molecule has 0 aromatic carbocycles. The number of allylic oxidation sites excluding steroid dienone is 4. The number of carbonyl (C=O) groups is 1. The first-order chi connectivity index (χ1) is 30.5. The van der Waals surface area contributed by atoms with E-state index in [2.05, 4.69) is 43.5 Å². The summed E-state index contributed by atoms with van der Waals surface area (Å²) in [5.74, 6) is -0.592. The molecule has 0 rings (SSSR count). The van der Waals surface area contributed by atoms with E-state index in [-0.39, 0.29) is 0 Å². The fraction of sp³-hybridized carbons (Fsp3) is 0.911. The van der Waals surface area contributed by atoms with Gasteiger partial charge in [-0.3, -0.25) is 4.79 Å². The average molecular weight is 876 g/mol. The molecule has 0 spiro atoms. The van der Waals surface area contributed by atoms with E-state index in [9.17, 15) is 25.2 Å². The van der Waals surface area contributed by atoms with Gasteiger partial charge < -0.3 is 25.7 Å². The van der Waals surface area contributed by atoms with Crippen molar-refractivity contribution >= 4 is 5.91 Å². The topological polar surface area (TPSA) is 110 Å². The molecule has 0 aliphatic heterocycles. The third-order valence-corrected chi connectivity index (χ3v) is 13.1. The predicted octanol–water partition coefficient (Wildman–Crippen LogP) is 15.9. The first-order valence-corrected chi connectivity index (χ1v) is 27.7. The third-order valence-electron chi connectivity index (χ3n) is 13.1. The Morgan fingerprint density at radius 1 is 0.387 bits per heavy atom. The Balaban J connectivity index is 3.67. The second-order valence-electron chi connectivity index (χ2n) is 19.3. The summed E-state index contributed by atoms with van der Waals surface area (Å²) in [5.41, 5.74) is 0. The van der Waals surface area contributed by atoms with Crippen LogP contribution in [0, 0.1) is 0 Å². The van der Waals surface area contributed by atoms with E-state index >= 15 is 0 Å². The predicted molar refractivity (Wildman–Crippen MR) is 270 cm³/mol. The van der Waals surface area contributed by atoms with Gasteiger partial charge in [0, 0.05) is 0 Å². The maximum atomic E-state index is 12.6. The minimum absolute atomic E-state index is 0.365. The van der Waals surface area contributed by atoms with Gasteiger partial charge >= 0.3 is 0 Å². The Hall–Kier alpha value is -1.21. The molecule has 0 aliphatic rings. The van der Waals surface area contributed by atoms with Gasteiger partial charge in [-0.1, -0.05) is 269 Å². The standard InChI is InChI=1S/C56H109NO5/c1-3-5-7-9-11-13-15-17-19-21-23-25-27-29-31-33-35-37-39-41-43-45-47-49-53(59)55(61)52(51-58)57-56(62)54(60)50-48-46-44-42-40-38-36-34-32-30-28-26-24-22-20-18-16-14-12-10-8-6-4-2/h33,35,41,43,52-55,58-61H,3-32,34,36-40,42,44-51H2,1-2H3,(H,57,62)/b35-33+,43-41+. The van der Waals surface area contributed by atoms with E-state index in [1.165, 1.54) is 225 Å². The number of aliphatic hydroxyl groups is 4. The van der Waals surface area contributed by atoms with Crippen LogP contribution in [0.1, 0.15) is 296 Å². The lowest BCUT2D eigenvalue weighted by atomic mass is 10.00. The van der Waals surface area contributed by atoms with Crippen LogP contribution in [-0.2, 0) is 4.79 Å². The van der Waals surface area contributed by atoms with Crippen LogP contribution in [0.15, 0.2) is 24.3 Å².